The highest BCUT2D eigenvalue weighted by Gasteiger charge is 2.98. The van der Waals surface area contributed by atoms with Gasteiger partial charge in [-0.25, -0.2) is 0 Å². The molecule has 0 radical (unpaired) electrons. The first-order valence-corrected chi connectivity index (χ1v) is 12.4. The van der Waals surface area contributed by atoms with E-state index in [1.807, 2.05) is 0 Å². The van der Waals surface area contributed by atoms with Crippen molar-refractivity contribution in [2.75, 3.05) is 0 Å². The van der Waals surface area contributed by atoms with E-state index in [1.54, 1.807) is 0 Å². The van der Waals surface area contributed by atoms with E-state index in [0.717, 1.165) is 13.3 Å². The number of hydrogen-bond acceptors (Lipinski definition) is 3. The van der Waals surface area contributed by atoms with Crippen molar-refractivity contribution in [2.45, 2.75) is 90.0 Å². The number of hydrogen-bond donors (Lipinski definition) is 0. The molecule has 38 heteroatoms. The van der Waals surface area contributed by atoms with Gasteiger partial charge in [0.15, 0.2) is 0 Å². The van der Waals surface area contributed by atoms with Crippen LogP contribution in [-0.4, -0.2) is 98.8 Å². The van der Waals surface area contributed by atoms with E-state index in [-0.39, 0.29) is 0 Å². The predicted molar refractivity (Wildman–Crippen MR) is 87.6 cm³/mol. The van der Waals surface area contributed by atoms with Crippen molar-refractivity contribution in [1.82, 2.24) is 0 Å². The third kappa shape index (κ3) is 7.40. The molecular weight excluding hydrogens is 902 g/mol. The second-order valence-corrected chi connectivity index (χ2v) is 11.4. The van der Waals surface area contributed by atoms with E-state index in [1.165, 1.54) is 0 Å². The molecule has 0 unspecified atom stereocenters. The van der Waals surface area contributed by atoms with Gasteiger partial charge in [-0.05, 0) is 0 Å². The quantitative estimate of drug-likeness (QED) is 0.128. The molecule has 0 saturated heterocycles. The fourth-order valence-corrected chi connectivity index (χ4v) is 4.86. The molecule has 0 aliphatic carbocycles. The Morgan fingerprint density at radius 1 is 0.208 bits per heavy atom. The molecule has 0 rings (SSSR count). The monoisotopic (exact) mass is 902 g/mol. The molecule has 53 heavy (non-hydrogen) atoms. The summed E-state index contributed by atoms with van der Waals surface area (Å²) in [6.45, 7) is 0. The Balaban J connectivity index is 9.09. The molecule has 0 fully saturated rings. The normalized spacial score (nSPS) is 17.1. The van der Waals surface area contributed by atoms with Crippen LogP contribution in [0.15, 0.2) is 0 Å². The summed E-state index contributed by atoms with van der Waals surface area (Å²) in [5.74, 6) is -66.5. The van der Waals surface area contributed by atoms with Gasteiger partial charge in [-0.15, -0.1) is 0 Å². The smallest absolute Gasteiger partial charge is 0.304 e. The Kier molecular flexibility index (Phi) is 12.1. The highest BCUT2D eigenvalue weighted by atomic mass is 28.4. The Bertz CT molecular complexity index is 1200. The molecular formula is C15F34O3Si. The van der Waals surface area contributed by atoms with Crippen LogP contribution in [0.1, 0.15) is 0 Å². The van der Waals surface area contributed by atoms with Gasteiger partial charge in [0.2, 0.25) is 0 Å². The van der Waals surface area contributed by atoms with E-state index >= 15 is 0 Å². The third-order valence-electron chi connectivity index (χ3n) is 5.27. The van der Waals surface area contributed by atoms with Crippen molar-refractivity contribution in [3.8, 4) is 0 Å². The maximum absolute atomic E-state index is 14.9. The van der Waals surface area contributed by atoms with E-state index in [0.29, 0.717) is 0 Å². The molecule has 0 aliphatic heterocycles. The van der Waals surface area contributed by atoms with Gasteiger partial charge in [-0.2, -0.15) is 149 Å². The third-order valence-corrected chi connectivity index (χ3v) is 7.93. The standard InChI is InChI=1S/C15F34O3Si/c16-1(17,3(20,21)8(30,31)32)2(18,19)4(22,23)15(48,49)53(50-12(42,43)5(24,25)9(33,34)35,51-13(44,45)6(26,27)10(36,37)38)52-14(46,47)7(28,29)11(39,40)41. The Labute approximate surface area is 263 Å². The molecule has 0 bridgehead atoms. The van der Waals surface area contributed by atoms with Crippen molar-refractivity contribution in [2.24, 2.45) is 0 Å². The lowest BCUT2D eigenvalue weighted by Crippen LogP contribution is -2.81. The van der Waals surface area contributed by atoms with Crippen LogP contribution in [0.4, 0.5) is 149 Å². The summed E-state index contributed by atoms with van der Waals surface area (Å²) in [6, 6.07) is 0. The molecule has 0 N–H and O–H groups in total. The van der Waals surface area contributed by atoms with Gasteiger partial charge in [0.05, 0.1) is 0 Å². The molecule has 0 heterocycles. The molecule has 0 aliphatic rings. The van der Waals surface area contributed by atoms with Crippen LogP contribution in [-0.2, 0) is 13.3 Å². The summed E-state index contributed by atoms with van der Waals surface area (Å²) in [5, 5.41) is 0. The molecule has 0 aromatic heterocycles. The van der Waals surface area contributed by atoms with Gasteiger partial charge in [-0.3, -0.25) is 0 Å². The van der Waals surface area contributed by atoms with Gasteiger partial charge >= 0.3 is 98.8 Å². The van der Waals surface area contributed by atoms with Crippen LogP contribution in [0, 0.1) is 0 Å². The van der Waals surface area contributed by atoms with E-state index in [2.05, 4.69) is 0 Å². The van der Waals surface area contributed by atoms with Gasteiger partial charge in [0.25, 0.3) is 0 Å². The van der Waals surface area contributed by atoms with Gasteiger partial charge in [0.1, 0.15) is 0 Å². The highest BCUT2D eigenvalue weighted by Crippen LogP contribution is 2.65. The van der Waals surface area contributed by atoms with Crippen LogP contribution in [0.3, 0.4) is 0 Å². The van der Waals surface area contributed by atoms with Crippen molar-refractivity contribution >= 4 is 8.80 Å². The Morgan fingerprint density at radius 2 is 0.377 bits per heavy atom. The zero-order chi connectivity index (χ0) is 44.1. The van der Waals surface area contributed by atoms with Crippen LogP contribution in [0.25, 0.3) is 0 Å². The molecule has 320 valence electrons. The summed E-state index contributed by atoms with van der Waals surface area (Å²) in [5.41, 5.74) is -10.4. The summed E-state index contributed by atoms with van der Waals surface area (Å²) in [7, 11) is -12.5. The predicted octanol–water partition coefficient (Wildman–Crippen LogP) is 10.6. The number of halogens is 34. The van der Waals surface area contributed by atoms with Crippen molar-refractivity contribution in [1.29, 1.82) is 0 Å². The second-order valence-electron chi connectivity index (χ2n) is 9.00. The number of alkyl halides is 34. The lowest BCUT2D eigenvalue weighted by Gasteiger charge is -2.47. The largest absolute Gasteiger partial charge is 0.595 e. The lowest BCUT2D eigenvalue weighted by atomic mass is 9.98. The van der Waals surface area contributed by atoms with Crippen LogP contribution in [0.2, 0.25) is 0 Å². The fourth-order valence-electron chi connectivity index (χ4n) is 2.41. The summed E-state index contributed by atoms with van der Waals surface area (Å²) in [4.78, 5) is 0. The molecule has 0 atom stereocenters. The minimum atomic E-state index is -12.5. The van der Waals surface area contributed by atoms with Crippen LogP contribution in [0.5, 0.6) is 0 Å². The molecule has 0 saturated carbocycles. The van der Waals surface area contributed by atoms with Gasteiger partial charge in [0, 0.05) is 0 Å². The number of rotatable bonds is 14. The second kappa shape index (κ2) is 12.6. The van der Waals surface area contributed by atoms with Crippen LogP contribution < -0.4 is 0 Å². The average molecular weight is 902 g/mol. The van der Waals surface area contributed by atoms with Crippen molar-refractivity contribution < 1.29 is 163 Å². The molecule has 0 aromatic carbocycles. The maximum atomic E-state index is 14.9. The zero-order valence-electron chi connectivity index (χ0n) is 22.1. The first-order valence-electron chi connectivity index (χ1n) is 10.7. The van der Waals surface area contributed by atoms with Gasteiger partial charge in [-0.1, -0.05) is 0 Å². The molecule has 0 spiro atoms. The maximum Gasteiger partial charge on any atom is 0.595 e. The summed E-state index contributed by atoms with van der Waals surface area (Å²) in [6.07, 6.45) is -62.5. The van der Waals surface area contributed by atoms with E-state index < -0.39 is 98.8 Å². The van der Waals surface area contributed by atoms with E-state index in [4.69, 9.17) is 0 Å². The first kappa shape index (κ1) is 50.7. The molecule has 3 nitrogen and oxygen atoms in total. The summed E-state index contributed by atoms with van der Waals surface area (Å²) >= 11 is 0. The zero-order valence-corrected chi connectivity index (χ0v) is 23.1. The fraction of sp³-hybridized carbons (Fsp3) is 1.00. The van der Waals surface area contributed by atoms with Gasteiger partial charge < -0.3 is 13.3 Å². The SMILES string of the molecule is FC(F)(F)C(F)(F)C(F)(F)O[Si](OC(F)(F)C(F)(F)C(F)(F)F)(OC(F)(F)C(F)(F)C(F)(F)F)C(F)(F)C(F)(F)C(F)(F)C(F)(F)C(F)(F)C(F)(F)F. The first-order chi connectivity index (χ1) is 22.1. The van der Waals surface area contributed by atoms with Crippen LogP contribution >= 0.6 is 0 Å². The minimum Gasteiger partial charge on any atom is -0.304 e. The Hall–Kier alpha value is -2.28. The van der Waals surface area contributed by atoms with Crippen molar-refractivity contribution in [3.63, 3.8) is 0 Å². The van der Waals surface area contributed by atoms with E-state index in [9.17, 15) is 149 Å². The van der Waals surface area contributed by atoms with Crippen molar-refractivity contribution in [3.05, 3.63) is 0 Å². The molecule has 0 aromatic rings. The Morgan fingerprint density at radius 3 is 0.547 bits per heavy atom. The topological polar surface area (TPSA) is 27.7 Å². The molecule has 0 amide bonds. The summed E-state index contributed by atoms with van der Waals surface area (Å²) < 4.78 is 454. The minimum absolute atomic E-state index is 0.828. The lowest BCUT2D eigenvalue weighted by molar-refractivity contribution is -0.463. The average Bonchev–Trinajstić information content (AvgIpc) is 2.84. The highest BCUT2D eigenvalue weighted by molar-refractivity contribution is 6.64.